The number of rotatable bonds is 8. The van der Waals surface area contributed by atoms with E-state index in [-0.39, 0.29) is 18.8 Å². The van der Waals surface area contributed by atoms with Crippen molar-refractivity contribution in [3.8, 4) is 0 Å². The van der Waals surface area contributed by atoms with Crippen LogP contribution in [0.3, 0.4) is 0 Å². The molecule has 1 aromatic heterocycles. The molecule has 7 nitrogen and oxygen atoms in total. The van der Waals surface area contributed by atoms with Crippen molar-refractivity contribution in [2.75, 3.05) is 6.61 Å². The fourth-order valence-corrected chi connectivity index (χ4v) is 4.01. The summed E-state index contributed by atoms with van der Waals surface area (Å²) >= 11 is 12.2. The number of amides is 2. The number of halogens is 2. The topological polar surface area (TPSA) is 91.5 Å². The summed E-state index contributed by atoms with van der Waals surface area (Å²) in [5, 5.41) is 4.54. The molecule has 0 unspecified atom stereocenters. The second-order valence-corrected chi connectivity index (χ2v) is 9.74. The van der Waals surface area contributed by atoms with Gasteiger partial charge in [0.2, 0.25) is 12.3 Å². The Hall–Kier alpha value is -3.03. The summed E-state index contributed by atoms with van der Waals surface area (Å²) in [6.07, 6.45) is 0.602. The lowest BCUT2D eigenvalue weighted by Crippen LogP contribution is -2.47. The molecule has 2 aromatic carbocycles. The van der Waals surface area contributed by atoms with E-state index in [2.05, 4.69) is 10.3 Å². The molecule has 0 radical (unpaired) electrons. The average Bonchev–Trinajstić information content (AvgIpc) is 3.12. The Morgan fingerprint density at radius 3 is 2.35 bits per heavy atom. The molecule has 2 amide bonds. The molecule has 0 saturated heterocycles. The summed E-state index contributed by atoms with van der Waals surface area (Å²) in [5.74, 6) is -1.06. The first kappa shape index (κ1) is 25.6. The Kier molecular flexibility index (Phi) is 7.89. The first-order valence-corrected chi connectivity index (χ1v) is 11.6. The third-order valence-electron chi connectivity index (χ3n) is 5.05. The van der Waals surface area contributed by atoms with E-state index < -0.39 is 23.5 Å². The molecule has 3 aromatic rings. The number of esters is 1. The van der Waals surface area contributed by atoms with E-state index in [9.17, 15) is 14.4 Å². The van der Waals surface area contributed by atoms with Gasteiger partial charge in [0, 0.05) is 38.6 Å². The fourth-order valence-electron chi connectivity index (χ4n) is 3.72. The molecule has 0 aliphatic heterocycles. The zero-order chi connectivity index (χ0) is 25.0. The minimum Gasteiger partial charge on any atom is -0.461 e. The highest BCUT2D eigenvalue weighted by atomic mass is 35.5. The van der Waals surface area contributed by atoms with Crippen molar-refractivity contribution in [1.82, 2.24) is 15.2 Å². The van der Waals surface area contributed by atoms with E-state index >= 15 is 0 Å². The van der Waals surface area contributed by atoms with Gasteiger partial charge >= 0.3 is 5.97 Å². The predicted octanol–water partition coefficient (Wildman–Crippen LogP) is 5.27. The Balaban J connectivity index is 2.21. The highest BCUT2D eigenvalue weighted by molar-refractivity contribution is 6.31. The lowest BCUT2D eigenvalue weighted by molar-refractivity contribution is -0.134. The highest BCUT2D eigenvalue weighted by Gasteiger charge is 2.36. The number of aromatic nitrogens is 1. The monoisotopic (exact) mass is 503 g/mol. The van der Waals surface area contributed by atoms with E-state index in [1.165, 1.54) is 4.90 Å². The molecule has 0 aliphatic carbocycles. The third-order valence-corrected chi connectivity index (χ3v) is 5.53. The Morgan fingerprint density at radius 2 is 1.76 bits per heavy atom. The van der Waals surface area contributed by atoms with Crippen LogP contribution in [0.15, 0.2) is 42.5 Å². The molecule has 0 saturated carbocycles. The Labute approximate surface area is 208 Å². The van der Waals surface area contributed by atoms with Gasteiger partial charge in [-0.15, -0.1) is 0 Å². The van der Waals surface area contributed by atoms with Crippen molar-refractivity contribution in [2.24, 2.45) is 0 Å². The van der Waals surface area contributed by atoms with Crippen LogP contribution < -0.4 is 5.32 Å². The van der Waals surface area contributed by atoms with Gasteiger partial charge in [0.25, 0.3) is 0 Å². The highest BCUT2D eigenvalue weighted by Crippen LogP contribution is 2.34. The maximum absolute atomic E-state index is 13.6. The SMILES string of the molecule is CCOC(=O)c1[nH]c2cc(Cl)ccc2c1[C@@H](C(=O)NC(C)(C)C)N(C=O)Cc1ccc(Cl)cc1. The molecule has 0 fully saturated rings. The summed E-state index contributed by atoms with van der Waals surface area (Å²) in [6, 6.07) is 10.9. The first-order valence-electron chi connectivity index (χ1n) is 10.8. The standard InChI is InChI=1S/C25H27Cl2N3O4/c1-5-34-24(33)21-20(18-11-10-17(27)12-19(18)28-21)22(23(32)29-25(2,3)4)30(14-31)13-15-6-8-16(26)9-7-15/h6-12,14,22,28H,5,13H2,1-4H3,(H,29,32)/t22-/m0/s1. The number of nitrogens with zero attached hydrogens (tertiary/aromatic N) is 1. The number of carbonyl (C=O) groups excluding carboxylic acids is 3. The first-order chi connectivity index (χ1) is 16.0. The number of fused-ring (bicyclic) bond motifs is 1. The molecule has 1 atom stereocenters. The molecule has 0 spiro atoms. The smallest absolute Gasteiger partial charge is 0.355 e. The van der Waals surface area contributed by atoms with Gasteiger partial charge < -0.3 is 19.9 Å². The third kappa shape index (κ3) is 5.90. The van der Waals surface area contributed by atoms with Crippen LogP contribution in [0.5, 0.6) is 0 Å². The van der Waals surface area contributed by atoms with Crippen molar-refractivity contribution in [3.05, 3.63) is 69.3 Å². The van der Waals surface area contributed by atoms with Crippen LogP contribution in [0.4, 0.5) is 0 Å². The number of benzene rings is 2. The normalized spacial score (nSPS) is 12.3. The van der Waals surface area contributed by atoms with Gasteiger partial charge in [0.15, 0.2) is 0 Å². The van der Waals surface area contributed by atoms with Gasteiger partial charge in [0.05, 0.1) is 6.61 Å². The van der Waals surface area contributed by atoms with Crippen molar-refractivity contribution in [3.63, 3.8) is 0 Å². The molecule has 3 rings (SSSR count). The van der Waals surface area contributed by atoms with E-state index in [1.54, 1.807) is 49.4 Å². The molecule has 1 heterocycles. The van der Waals surface area contributed by atoms with Crippen LogP contribution in [0.2, 0.25) is 10.0 Å². The molecule has 0 aliphatic rings. The number of carbonyl (C=O) groups is 3. The van der Waals surface area contributed by atoms with Crippen molar-refractivity contribution in [2.45, 2.75) is 45.8 Å². The van der Waals surface area contributed by atoms with Gasteiger partial charge in [0.1, 0.15) is 11.7 Å². The number of nitrogens with one attached hydrogen (secondary N) is 2. The van der Waals surface area contributed by atoms with Crippen LogP contribution >= 0.6 is 23.2 Å². The van der Waals surface area contributed by atoms with Gasteiger partial charge in [-0.25, -0.2) is 4.79 Å². The lowest BCUT2D eigenvalue weighted by Gasteiger charge is -2.31. The van der Waals surface area contributed by atoms with Gasteiger partial charge in [-0.05, 0) is 57.5 Å². The van der Waals surface area contributed by atoms with Gasteiger partial charge in [-0.2, -0.15) is 0 Å². The lowest BCUT2D eigenvalue weighted by atomic mass is 9.98. The van der Waals surface area contributed by atoms with E-state index in [0.29, 0.717) is 32.9 Å². The number of aromatic amines is 1. The van der Waals surface area contributed by atoms with E-state index in [0.717, 1.165) is 5.56 Å². The van der Waals surface area contributed by atoms with Crippen LogP contribution in [0, 0.1) is 0 Å². The zero-order valence-corrected chi connectivity index (χ0v) is 21.0. The molecule has 34 heavy (non-hydrogen) atoms. The maximum atomic E-state index is 13.6. The maximum Gasteiger partial charge on any atom is 0.355 e. The quantitative estimate of drug-likeness (QED) is 0.323. The predicted molar refractivity (Wildman–Crippen MR) is 133 cm³/mol. The largest absolute Gasteiger partial charge is 0.461 e. The second-order valence-electron chi connectivity index (χ2n) is 8.87. The van der Waals surface area contributed by atoms with Gasteiger partial charge in [-0.3, -0.25) is 9.59 Å². The number of hydrogen-bond donors (Lipinski definition) is 2. The second kappa shape index (κ2) is 10.5. The van der Waals surface area contributed by atoms with Crippen LogP contribution in [0.1, 0.15) is 55.4 Å². The van der Waals surface area contributed by atoms with Crippen LogP contribution in [-0.4, -0.2) is 40.3 Å². The van der Waals surface area contributed by atoms with E-state index in [4.69, 9.17) is 27.9 Å². The Bertz CT molecular complexity index is 1200. The summed E-state index contributed by atoms with van der Waals surface area (Å²) in [6.45, 7) is 7.48. The molecule has 180 valence electrons. The van der Waals surface area contributed by atoms with Gasteiger partial charge in [-0.1, -0.05) is 41.4 Å². The van der Waals surface area contributed by atoms with Crippen LogP contribution in [0.25, 0.3) is 10.9 Å². The summed E-state index contributed by atoms with van der Waals surface area (Å²) < 4.78 is 5.25. The number of hydrogen-bond acceptors (Lipinski definition) is 4. The van der Waals surface area contributed by atoms with Crippen molar-refractivity contribution >= 4 is 52.4 Å². The minimum absolute atomic E-state index is 0.0936. The molecule has 0 bridgehead atoms. The fraction of sp³-hybridized carbons (Fsp3) is 0.320. The van der Waals surface area contributed by atoms with Crippen molar-refractivity contribution < 1.29 is 19.1 Å². The minimum atomic E-state index is -1.12. The molecule has 9 heteroatoms. The average molecular weight is 504 g/mol. The van der Waals surface area contributed by atoms with Crippen LogP contribution in [-0.2, 0) is 20.9 Å². The summed E-state index contributed by atoms with van der Waals surface area (Å²) in [4.78, 5) is 43.3. The number of ether oxygens (including phenoxy) is 1. The summed E-state index contributed by atoms with van der Waals surface area (Å²) in [5.41, 5.74) is 1.18. The summed E-state index contributed by atoms with van der Waals surface area (Å²) in [7, 11) is 0. The number of H-pyrrole nitrogens is 1. The zero-order valence-electron chi connectivity index (χ0n) is 19.4. The molecular weight excluding hydrogens is 477 g/mol. The molecule has 2 N–H and O–H groups in total. The van der Waals surface area contributed by atoms with Crippen molar-refractivity contribution in [1.29, 1.82) is 0 Å². The molecular formula is C25H27Cl2N3O4. The Morgan fingerprint density at radius 1 is 1.12 bits per heavy atom. The van der Waals surface area contributed by atoms with E-state index in [1.807, 2.05) is 20.8 Å².